The predicted molar refractivity (Wildman–Crippen MR) is 105 cm³/mol. The molecule has 0 saturated heterocycles. The van der Waals surface area contributed by atoms with Crippen LogP contribution < -0.4 is 5.43 Å². The van der Waals surface area contributed by atoms with Gasteiger partial charge in [-0.1, -0.05) is 42.1 Å². The average Bonchev–Trinajstić information content (AvgIpc) is 3.22. The topological polar surface area (TPSA) is 75.1 Å². The molecule has 0 aliphatic heterocycles. The summed E-state index contributed by atoms with van der Waals surface area (Å²) < 4.78 is 1.99. The fourth-order valence-electron chi connectivity index (χ4n) is 2.79. The molecule has 0 atom stereocenters. The Balaban J connectivity index is 1.37. The van der Waals surface area contributed by atoms with Crippen molar-refractivity contribution in [2.45, 2.75) is 5.16 Å². The van der Waals surface area contributed by atoms with E-state index in [4.69, 9.17) is 0 Å². The van der Waals surface area contributed by atoms with E-state index < -0.39 is 0 Å². The summed E-state index contributed by atoms with van der Waals surface area (Å²) in [6.07, 6.45) is 3.52. The monoisotopic (exact) mass is 363 g/mol. The van der Waals surface area contributed by atoms with Crippen molar-refractivity contribution in [1.29, 1.82) is 0 Å². The number of thioether (sulfide) groups is 1. The number of para-hydroxylation sites is 3. The summed E-state index contributed by atoms with van der Waals surface area (Å²) in [5, 5.41) is 5.93. The summed E-state index contributed by atoms with van der Waals surface area (Å²) in [6, 6.07) is 15.9. The number of carbonyl (C=O) groups excluding carboxylic acids is 1. The van der Waals surface area contributed by atoms with Gasteiger partial charge in [-0.15, -0.1) is 0 Å². The molecule has 2 N–H and O–H groups in total. The van der Waals surface area contributed by atoms with Crippen LogP contribution >= 0.6 is 11.8 Å². The van der Waals surface area contributed by atoms with E-state index in [-0.39, 0.29) is 11.7 Å². The summed E-state index contributed by atoms with van der Waals surface area (Å²) in [6.45, 7) is 0. The first-order valence-electron chi connectivity index (χ1n) is 8.14. The molecule has 26 heavy (non-hydrogen) atoms. The van der Waals surface area contributed by atoms with Crippen molar-refractivity contribution >= 4 is 45.8 Å². The molecule has 2 aromatic carbocycles. The third-order valence-electron chi connectivity index (χ3n) is 4.09. The minimum absolute atomic E-state index is 0.168. The van der Waals surface area contributed by atoms with E-state index in [9.17, 15) is 4.79 Å². The highest BCUT2D eigenvalue weighted by Gasteiger charge is 2.09. The lowest BCUT2D eigenvalue weighted by Gasteiger charge is -2.01. The quantitative estimate of drug-likeness (QED) is 0.325. The number of nitrogens with zero attached hydrogens (tertiary/aromatic N) is 3. The lowest BCUT2D eigenvalue weighted by molar-refractivity contribution is -0.118. The number of aromatic amines is 1. The average molecular weight is 363 g/mol. The molecule has 2 heterocycles. The number of amides is 1. The molecule has 0 spiro atoms. The zero-order valence-electron chi connectivity index (χ0n) is 14.1. The normalized spacial score (nSPS) is 11.6. The van der Waals surface area contributed by atoms with Crippen LogP contribution in [-0.4, -0.2) is 32.4 Å². The number of fused-ring (bicyclic) bond motifs is 2. The van der Waals surface area contributed by atoms with Gasteiger partial charge < -0.3 is 9.55 Å². The number of imidazole rings is 1. The van der Waals surface area contributed by atoms with Gasteiger partial charge in [0.15, 0.2) is 5.16 Å². The Morgan fingerprint density at radius 3 is 2.96 bits per heavy atom. The van der Waals surface area contributed by atoms with Crippen molar-refractivity contribution in [2.75, 3.05) is 5.75 Å². The Morgan fingerprint density at radius 1 is 1.27 bits per heavy atom. The van der Waals surface area contributed by atoms with Crippen LogP contribution in [0.5, 0.6) is 0 Å². The van der Waals surface area contributed by atoms with E-state index in [1.807, 2.05) is 66.3 Å². The molecule has 0 unspecified atom stereocenters. The van der Waals surface area contributed by atoms with E-state index in [2.05, 4.69) is 20.5 Å². The summed E-state index contributed by atoms with van der Waals surface area (Å²) in [5.74, 6) is 0.0840. The third kappa shape index (κ3) is 3.21. The van der Waals surface area contributed by atoms with E-state index in [1.165, 1.54) is 11.8 Å². The smallest absolute Gasteiger partial charge is 0.250 e. The minimum Gasteiger partial charge on any atom is -0.361 e. The maximum Gasteiger partial charge on any atom is 0.250 e. The molecular weight excluding hydrogens is 346 g/mol. The van der Waals surface area contributed by atoms with Gasteiger partial charge in [0.05, 0.1) is 23.0 Å². The molecule has 6 nitrogen and oxygen atoms in total. The van der Waals surface area contributed by atoms with Crippen molar-refractivity contribution in [3.05, 3.63) is 60.3 Å². The minimum atomic E-state index is -0.168. The number of aryl methyl sites for hydroxylation is 1. The van der Waals surface area contributed by atoms with E-state index in [0.29, 0.717) is 0 Å². The fraction of sp³-hybridized carbons (Fsp3) is 0.105. The Morgan fingerprint density at radius 2 is 2.08 bits per heavy atom. The fourth-order valence-corrected chi connectivity index (χ4v) is 3.57. The largest absolute Gasteiger partial charge is 0.361 e. The number of rotatable bonds is 5. The summed E-state index contributed by atoms with van der Waals surface area (Å²) in [4.78, 5) is 19.8. The molecule has 0 fully saturated rings. The van der Waals surface area contributed by atoms with Gasteiger partial charge in [-0.3, -0.25) is 4.79 Å². The van der Waals surface area contributed by atoms with E-state index in [0.717, 1.165) is 32.7 Å². The molecule has 0 bridgehead atoms. The first kappa shape index (κ1) is 16.4. The first-order valence-corrected chi connectivity index (χ1v) is 9.13. The molecule has 2 aromatic heterocycles. The Kier molecular flexibility index (Phi) is 4.45. The van der Waals surface area contributed by atoms with Gasteiger partial charge in [-0.2, -0.15) is 5.10 Å². The lowest BCUT2D eigenvalue weighted by Crippen LogP contribution is -2.19. The summed E-state index contributed by atoms with van der Waals surface area (Å²) in [5.41, 5.74) is 6.52. The molecule has 7 heteroatoms. The number of aromatic nitrogens is 3. The Hall–Kier alpha value is -3.06. The zero-order valence-corrected chi connectivity index (χ0v) is 15.0. The van der Waals surface area contributed by atoms with Crippen molar-refractivity contribution in [3.8, 4) is 0 Å². The SMILES string of the molecule is Cn1c(SCC(=O)N/N=C\c2c[nH]c3ccccc23)nc2ccccc21. The van der Waals surface area contributed by atoms with Crippen LogP contribution in [0.1, 0.15) is 5.56 Å². The predicted octanol–water partition coefficient (Wildman–Crippen LogP) is 3.30. The second kappa shape index (κ2) is 7.05. The van der Waals surface area contributed by atoms with Gasteiger partial charge in [0.2, 0.25) is 0 Å². The van der Waals surface area contributed by atoms with Crippen LogP contribution in [0, 0.1) is 0 Å². The number of benzene rings is 2. The molecule has 130 valence electrons. The Bertz CT molecular complexity index is 1110. The van der Waals surface area contributed by atoms with Gasteiger partial charge >= 0.3 is 0 Å². The molecule has 4 rings (SSSR count). The van der Waals surface area contributed by atoms with Gasteiger partial charge in [0, 0.05) is 29.7 Å². The van der Waals surface area contributed by atoms with Crippen LogP contribution in [0.2, 0.25) is 0 Å². The molecule has 1 amide bonds. The molecule has 0 aliphatic rings. The standard InChI is InChI=1S/C19H17N5OS/c1-24-17-9-5-4-8-16(17)22-19(24)26-12-18(25)23-21-11-13-10-20-15-7-3-2-6-14(13)15/h2-11,20H,12H2,1H3,(H,23,25)/b21-11-. The summed E-state index contributed by atoms with van der Waals surface area (Å²) in [7, 11) is 1.95. The lowest BCUT2D eigenvalue weighted by atomic mass is 10.2. The zero-order chi connectivity index (χ0) is 17.9. The number of carbonyl (C=O) groups is 1. The highest BCUT2D eigenvalue weighted by molar-refractivity contribution is 7.99. The molecule has 4 aromatic rings. The third-order valence-corrected chi connectivity index (χ3v) is 5.12. The van der Waals surface area contributed by atoms with Crippen LogP contribution in [0.15, 0.2) is 65.0 Å². The Labute approximate surface area is 154 Å². The van der Waals surface area contributed by atoms with Crippen molar-refractivity contribution in [2.24, 2.45) is 12.1 Å². The van der Waals surface area contributed by atoms with Crippen LogP contribution in [0.3, 0.4) is 0 Å². The van der Waals surface area contributed by atoms with Crippen LogP contribution in [-0.2, 0) is 11.8 Å². The van der Waals surface area contributed by atoms with E-state index >= 15 is 0 Å². The maximum atomic E-state index is 12.0. The molecule has 0 aliphatic carbocycles. The maximum absolute atomic E-state index is 12.0. The molecule has 0 radical (unpaired) electrons. The highest BCUT2D eigenvalue weighted by Crippen LogP contribution is 2.22. The van der Waals surface area contributed by atoms with Gasteiger partial charge in [0.25, 0.3) is 5.91 Å². The number of nitrogens with one attached hydrogen (secondary N) is 2. The molecule has 0 saturated carbocycles. The second-order valence-corrected chi connectivity index (χ2v) is 6.76. The van der Waals surface area contributed by atoms with Crippen molar-refractivity contribution in [3.63, 3.8) is 0 Å². The van der Waals surface area contributed by atoms with Crippen molar-refractivity contribution in [1.82, 2.24) is 20.0 Å². The molecular formula is C19H17N5OS. The number of hydrogen-bond acceptors (Lipinski definition) is 4. The number of hydrogen-bond donors (Lipinski definition) is 2. The van der Waals surface area contributed by atoms with Crippen LogP contribution in [0.4, 0.5) is 0 Å². The van der Waals surface area contributed by atoms with Gasteiger partial charge in [-0.25, -0.2) is 10.4 Å². The number of hydrazone groups is 1. The summed E-state index contributed by atoms with van der Waals surface area (Å²) >= 11 is 1.39. The first-order chi connectivity index (χ1) is 12.7. The van der Waals surface area contributed by atoms with E-state index in [1.54, 1.807) is 6.21 Å². The van der Waals surface area contributed by atoms with Crippen molar-refractivity contribution < 1.29 is 4.79 Å². The highest BCUT2D eigenvalue weighted by atomic mass is 32.2. The second-order valence-electron chi connectivity index (χ2n) is 5.81. The van der Waals surface area contributed by atoms with Gasteiger partial charge in [-0.05, 0) is 18.2 Å². The number of H-pyrrole nitrogens is 1. The van der Waals surface area contributed by atoms with Crippen LogP contribution in [0.25, 0.3) is 21.9 Å². The van der Waals surface area contributed by atoms with Gasteiger partial charge in [0.1, 0.15) is 0 Å².